The van der Waals surface area contributed by atoms with Crippen molar-refractivity contribution >= 4 is 39.0 Å². The number of aliphatic hydroxyl groups is 1. The van der Waals surface area contributed by atoms with E-state index in [-0.39, 0.29) is 41.5 Å². The van der Waals surface area contributed by atoms with Crippen LogP contribution < -0.4 is 4.90 Å². The second-order valence-corrected chi connectivity index (χ2v) is 11.5. The average molecular weight is 595 g/mol. The molecule has 1 heterocycles. The molecule has 0 saturated heterocycles. The minimum atomic E-state index is -4.69. The number of alkyl halides is 3. The van der Waals surface area contributed by atoms with Gasteiger partial charge in [0, 0.05) is 39.2 Å². The Labute approximate surface area is 233 Å². The van der Waals surface area contributed by atoms with Crippen molar-refractivity contribution in [2.45, 2.75) is 38.8 Å². The molecule has 0 saturated carbocycles. The van der Waals surface area contributed by atoms with Crippen LogP contribution in [-0.4, -0.2) is 16.7 Å². The van der Waals surface area contributed by atoms with E-state index in [1.807, 2.05) is 13.8 Å². The Morgan fingerprint density at radius 1 is 0.974 bits per heavy atom. The van der Waals surface area contributed by atoms with Crippen LogP contribution in [0.25, 0.3) is 5.76 Å². The van der Waals surface area contributed by atoms with E-state index in [0.717, 1.165) is 10.5 Å². The molecule has 0 aromatic heterocycles. The van der Waals surface area contributed by atoms with Gasteiger partial charge in [-0.3, -0.25) is 15.1 Å². The largest absolute Gasteiger partial charge is 0.507 e. The van der Waals surface area contributed by atoms with Gasteiger partial charge in [-0.1, -0.05) is 84.4 Å². The van der Waals surface area contributed by atoms with Gasteiger partial charge in [-0.25, -0.2) is 0 Å². The number of allylic oxidation sites excluding steroid dienone is 2. The van der Waals surface area contributed by atoms with Gasteiger partial charge in [0.2, 0.25) is 0 Å². The summed E-state index contributed by atoms with van der Waals surface area (Å²) in [5, 5.41) is 21.0. The molecule has 0 amide bonds. The van der Waals surface area contributed by atoms with E-state index in [0.29, 0.717) is 22.4 Å². The Morgan fingerprint density at radius 3 is 2.23 bits per heavy atom. The molecule has 1 aliphatic carbocycles. The third-order valence-corrected chi connectivity index (χ3v) is 7.71. The second kappa shape index (κ2) is 9.83. The van der Waals surface area contributed by atoms with Crippen LogP contribution in [0.4, 0.5) is 18.9 Å². The van der Waals surface area contributed by atoms with Crippen LogP contribution in [0.15, 0.2) is 100 Å². The van der Waals surface area contributed by atoms with Crippen LogP contribution in [0.3, 0.4) is 0 Å². The molecule has 39 heavy (non-hydrogen) atoms. The minimum Gasteiger partial charge on any atom is -0.507 e. The highest BCUT2D eigenvalue weighted by Gasteiger charge is 2.48. The highest BCUT2D eigenvalue weighted by molar-refractivity contribution is 9.10. The van der Waals surface area contributed by atoms with Gasteiger partial charge in [-0.2, -0.15) is 13.2 Å². The highest BCUT2D eigenvalue weighted by Crippen LogP contribution is 2.52. The summed E-state index contributed by atoms with van der Waals surface area (Å²) in [6.07, 6.45) is -4.21. The first-order chi connectivity index (χ1) is 18.4. The number of hydrogen-bond donors (Lipinski definition) is 2. The number of aliphatic hydroxyl groups excluding tert-OH is 1. The van der Waals surface area contributed by atoms with E-state index in [9.17, 15) is 28.5 Å². The van der Waals surface area contributed by atoms with Gasteiger partial charge in [-0.15, -0.1) is 0 Å². The molecule has 2 aliphatic rings. The molecule has 8 heteroatoms. The summed E-state index contributed by atoms with van der Waals surface area (Å²) in [6, 6.07) is 20.8. The number of nitrogens with zero attached hydrogens (tertiary/aromatic N) is 1. The number of halogens is 4. The SMILES string of the molecule is CC1(C)CC(=O)C2=C(C1)N(c1ccccc1C(F)(F)F)C(=N)C(=C(O)c1ccccc1)[C@H]2c1ccc(Br)cc1. The summed E-state index contributed by atoms with van der Waals surface area (Å²) >= 11 is 3.43. The third kappa shape index (κ3) is 4.93. The molecule has 0 bridgehead atoms. The topological polar surface area (TPSA) is 64.4 Å². The fourth-order valence-corrected chi connectivity index (χ4v) is 5.79. The number of anilines is 1. The minimum absolute atomic E-state index is 0.0762. The lowest BCUT2D eigenvalue weighted by molar-refractivity contribution is -0.137. The zero-order valence-corrected chi connectivity index (χ0v) is 22.9. The Balaban J connectivity index is 1.89. The smallest absolute Gasteiger partial charge is 0.418 e. The number of nitrogens with one attached hydrogen (secondary N) is 1. The second-order valence-electron chi connectivity index (χ2n) is 10.6. The molecular weight excluding hydrogens is 569 g/mol. The van der Waals surface area contributed by atoms with Gasteiger partial charge in [0.05, 0.1) is 11.3 Å². The Hall–Kier alpha value is -3.65. The van der Waals surface area contributed by atoms with E-state index < -0.39 is 23.1 Å². The van der Waals surface area contributed by atoms with Gasteiger partial charge in [0.25, 0.3) is 0 Å². The summed E-state index contributed by atoms with van der Waals surface area (Å²) in [5.41, 5.74) is 0.0959. The third-order valence-electron chi connectivity index (χ3n) is 7.18. The van der Waals surface area contributed by atoms with Crippen LogP contribution in [0, 0.1) is 10.8 Å². The summed E-state index contributed by atoms with van der Waals surface area (Å²) in [6.45, 7) is 3.79. The van der Waals surface area contributed by atoms with Gasteiger partial charge in [0.15, 0.2) is 5.78 Å². The summed E-state index contributed by atoms with van der Waals surface area (Å²) in [4.78, 5) is 15.1. The first-order valence-corrected chi connectivity index (χ1v) is 13.2. The standard InChI is InChI=1S/C31H26BrF3N2O2/c1-30(2)16-23-26(24(38)17-30)25(18-12-14-20(32)15-13-18)27(28(39)19-8-4-3-5-9-19)29(36)37(23)22-11-7-6-10-21(22)31(33,34)35/h3-15,25,36,39H,16-17H2,1-2H3/t25-/m0/s1. The lowest BCUT2D eigenvalue weighted by atomic mass is 9.67. The maximum atomic E-state index is 14.2. The molecule has 1 atom stereocenters. The number of Topliss-reactive ketones (excluding diaryl/α,β-unsaturated/α-hetero) is 1. The molecule has 0 radical (unpaired) electrons. The maximum Gasteiger partial charge on any atom is 0.418 e. The number of benzene rings is 3. The number of hydrogen-bond acceptors (Lipinski definition) is 3. The molecule has 0 spiro atoms. The number of carbonyl (C=O) groups excluding carboxylic acids is 1. The van der Waals surface area contributed by atoms with Crippen molar-refractivity contribution in [1.82, 2.24) is 0 Å². The van der Waals surface area contributed by atoms with Crippen LogP contribution in [0.2, 0.25) is 0 Å². The number of carbonyl (C=O) groups is 1. The number of ketones is 1. The molecule has 3 aromatic carbocycles. The van der Waals surface area contributed by atoms with Crippen molar-refractivity contribution in [2.75, 3.05) is 4.90 Å². The Bertz CT molecular complexity index is 1520. The highest BCUT2D eigenvalue weighted by atomic mass is 79.9. The monoisotopic (exact) mass is 594 g/mol. The normalized spacial score (nSPS) is 20.7. The lowest BCUT2D eigenvalue weighted by Gasteiger charge is -2.45. The van der Waals surface area contributed by atoms with Crippen LogP contribution in [0.5, 0.6) is 0 Å². The van der Waals surface area contributed by atoms with Crippen molar-refractivity contribution < 1.29 is 23.1 Å². The van der Waals surface area contributed by atoms with Crippen molar-refractivity contribution in [3.63, 3.8) is 0 Å². The van der Waals surface area contributed by atoms with E-state index >= 15 is 0 Å². The fourth-order valence-electron chi connectivity index (χ4n) is 5.53. The van der Waals surface area contributed by atoms with E-state index in [1.54, 1.807) is 54.6 Å². The van der Waals surface area contributed by atoms with Crippen LogP contribution >= 0.6 is 15.9 Å². The van der Waals surface area contributed by atoms with Gasteiger partial charge >= 0.3 is 6.18 Å². The zero-order chi connectivity index (χ0) is 28.1. The van der Waals surface area contributed by atoms with Crippen molar-refractivity contribution in [2.24, 2.45) is 5.41 Å². The van der Waals surface area contributed by atoms with Crippen molar-refractivity contribution in [1.29, 1.82) is 5.41 Å². The molecular formula is C31H26BrF3N2O2. The predicted molar refractivity (Wildman–Crippen MR) is 150 cm³/mol. The predicted octanol–water partition coefficient (Wildman–Crippen LogP) is 8.66. The van der Waals surface area contributed by atoms with Crippen molar-refractivity contribution in [3.8, 4) is 0 Å². The summed E-state index contributed by atoms with van der Waals surface area (Å²) in [7, 11) is 0. The quantitative estimate of drug-likeness (QED) is 0.298. The molecule has 4 nitrogen and oxygen atoms in total. The van der Waals surface area contributed by atoms with E-state index in [4.69, 9.17) is 0 Å². The maximum absolute atomic E-state index is 14.2. The molecule has 3 aromatic rings. The Kier molecular flexibility index (Phi) is 6.79. The molecule has 0 unspecified atom stereocenters. The van der Waals surface area contributed by atoms with Gasteiger partial charge in [0.1, 0.15) is 11.6 Å². The number of para-hydroxylation sites is 1. The van der Waals surface area contributed by atoms with E-state index in [1.165, 1.54) is 23.1 Å². The van der Waals surface area contributed by atoms with Gasteiger partial charge in [-0.05, 0) is 41.7 Å². The first kappa shape index (κ1) is 26.9. The lowest BCUT2D eigenvalue weighted by Crippen LogP contribution is -2.45. The van der Waals surface area contributed by atoms with Gasteiger partial charge < -0.3 is 5.11 Å². The zero-order valence-electron chi connectivity index (χ0n) is 21.3. The number of amidine groups is 1. The molecule has 0 fully saturated rings. The summed E-state index contributed by atoms with van der Waals surface area (Å²) in [5.74, 6) is -1.61. The van der Waals surface area contributed by atoms with E-state index in [2.05, 4.69) is 15.9 Å². The molecule has 5 rings (SSSR count). The summed E-state index contributed by atoms with van der Waals surface area (Å²) < 4.78 is 43.5. The molecule has 200 valence electrons. The molecule has 1 aliphatic heterocycles. The number of rotatable bonds is 3. The average Bonchev–Trinajstić information content (AvgIpc) is 2.87. The molecule has 2 N–H and O–H groups in total. The Morgan fingerprint density at radius 2 is 1.59 bits per heavy atom. The first-order valence-electron chi connectivity index (χ1n) is 12.4. The van der Waals surface area contributed by atoms with Crippen LogP contribution in [0.1, 0.15) is 49.3 Å². The van der Waals surface area contributed by atoms with Crippen molar-refractivity contribution in [3.05, 3.63) is 117 Å². The van der Waals surface area contributed by atoms with Crippen LogP contribution in [-0.2, 0) is 11.0 Å². The fraction of sp³-hybridized carbons (Fsp3) is 0.226.